The maximum absolute atomic E-state index is 12.6. The molecule has 1 fully saturated rings. The van der Waals surface area contributed by atoms with E-state index in [9.17, 15) is 19.5 Å². The topological polar surface area (TPSA) is 71.4 Å². The largest absolute Gasteiger partial charge is 0.521 e. The van der Waals surface area contributed by atoms with E-state index in [1.165, 1.54) is 0 Å². The number of quaternary nitrogens is 1. The molecule has 3 rings (SSSR count). The van der Waals surface area contributed by atoms with E-state index in [0.29, 0.717) is 12.1 Å². The number of hydrogen-bond acceptors (Lipinski definition) is 3. The minimum atomic E-state index is -1.10. The van der Waals surface area contributed by atoms with Crippen LogP contribution in [0, 0.1) is 0 Å². The van der Waals surface area contributed by atoms with Gasteiger partial charge in [0.2, 0.25) is 0 Å². The summed E-state index contributed by atoms with van der Waals surface area (Å²) in [5.41, 5.74) is 0.558. The van der Waals surface area contributed by atoms with E-state index in [1.807, 2.05) is 36.4 Å². The second kappa shape index (κ2) is 6.76. The molecule has 130 valence electrons. The number of nitrogens with zero attached hydrogens (tertiary/aromatic N) is 1. The fourth-order valence-corrected chi connectivity index (χ4v) is 3.77. The van der Waals surface area contributed by atoms with Crippen LogP contribution in [0.4, 0.5) is 4.79 Å². The Labute approximate surface area is 146 Å². The Morgan fingerprint density at radius 2 is 1.80 bits per heavy atom. The molecule has 1 aliphatic heterocycles. The van der Waals surface area contributed by atoms with E-state index in [-0.39, 0.29) is 30.6 Å². The Kier molecular flexibility index (Phi) is 4.68. The molecule has 0 aromatic heterocycles. The summed E-state index contributed by atoms with van der Waals surface area (Å²) in [5, 5.41) is 11.6. The Bertz CT molecular complexity index is 844. The first-order valence-electron chi connectivity index (χ1n) is 8.62. The van der Waals surface area contributed by atoms with Crippen molar-refractivity contribution in [2.75, 3.05) is 6.54 Å². The van der Waals surface area contributed by atoms with Crippen molar-refractivity contribution in [3.63, 3.8) is 0 Å². The minimum Gasteiger partial charge on any atom is -0.435 e. The summed E-state index contributed by atoms with van der Waals surface area (Å²) in [6.45, 7) is 2.11. The zero-order valence-corrected chi connectivity index (χ0v) is 14.3. The summed E-state index contributed by atoms with van der Waals surface area (Å²) in [6.07, 6.45) is 0.335. The van der Waals surface area contributed by atoms with Crippen LogP contribution in [0.25, 0.3) is 10.8 Å². The zero-order valence-electron chi connectivity index (χ0n) is 14.3. The van der Waals surface area contributed by atoms with Crippen molar-refractivity contribution in [2.45, 2.75) is 38.6 Å². The fraction of sp³-hybridized carbons (Fsp3) is 0.350. The van der Waals surface area contributed by atoms with Crippen LogP contribution in [-0.2, 0) is 4.79 Å². The van der Waals surface area contributed by atoms with Crippen molar-refractivity contribution in [1.29, 1.82) is 0 Å². The van der Waals surface area contributed by atoms with E-state index in [2.05, 4.69) is 0 Å². The number of imide groups is 1. The maximum Gasteiger partial charge on any atom is 0.521 e. The third-order valence-electron chi connectivity index (χ3n) is 5.31. The third kappa shape index (κ3) is 3.07. The van der Waals surface area contributed by atoms with Gasteiger partial charge in [0.05, 0.1) is 13.0 Å². The lowest BCUT2D eigenvalue weighted by Crippen LogP contribution is -2.58. The highest BCUT2D eigenvalue weighted by Crippen LogP contribution is 2.29. The summed E-state index contributed by atoms with van der Waals surface area (Å²) in [6, 6.07) is 13.0. The number of hydrogen-bond donors (Lipinski definition) is 1. The van der Waals surface area contributed by atoms with Crippen molar-refractivity contribution in [3.8, 4) is 0 Å². The van der Waals surface area contributed by atoms with Crippen LogP contribution < -0.4 is 0 Å². The van der Waals surface area contributed by atoms with Gasteiger partial charge in [0.25, 0.3) is 0 Å². The summed E-state index contributed by atoms with van der Waals surface area (Å²) < 4.78 is -0.537. The minimum absolute atomic E-state index is 0.0389. The first-order chi connectivity index (χ1) is 11.9. The van der Waals surface area contributed by atoms with Crippen LogP contribution in [0.15, 0.2) is 42.5 Å². The SMILES string of the molecule is C[C@@H]1CCC[N+]1(C(=O)O)C(=O)CCC(=O)c1ccc2ccccc2c1. The summed E-state index contributed by atoms with van der Waals surface area (Å²) in [7, 11) is 0. The molecule has 1 N–H and O–H groups in total. The fourth-order valence-electron chi connectivity index (χ4n) is 3.77. The van der Waals surface area contributed by atoms with Gasteiger partial charge in [-0.05, 0) is 23.8 Å². The van der Waals surface area contributed by atoms with Crippen molar-refractivity contribution in [2.24, 2.45) is 0 Å². The second-order valence-electron chi connectivity index (χ2n) is 6.75. The standard InChI is InChI=1S/C20H21NO4/c1-14-5-4-12-21(14,20(24)25)19(23)11-10-18(22)17-9-8-15-6-2-3-7-16(15)13-17/h2-3,6-9,13-14H,4-5,10-12H2,1H3/p+1/t14-,21?/m1/s1. The number of carbonyl (C=O) groups is 3. The van der Waals surface area contributed by atoms with Gasteiger partial charge < -0.3 is 5.11 Å². The zero-order chi connectivity index (χ0) is 18.0. The quantitative estimate of drug-likeness (QED) is 0.674. The molecule has 0 spiro atoms. The number of benzene rings is 2. The number of amides is 2. The number of carboxylic acid groups (broad SMARTS) is 1. The van der Waals surface area contributed by atoms with Crippen LogP contribution in [0.5, 0.6) is 0 Å². The van der Waals surface area contributed by atoms with Gasteiger partial charge in [-0.15, -0.1) is 0 Å². The van der Waals surface area contributed by atoms with Crippen LogP contribution in [0.1, 0.15) is 43.0 Å². The number of rotatable bonds is 4. The predicted octanol–water partition coefficient (Wildman–Crippen LogP) is 4.01. The first-order valence-corrected chi connectivity index (χ1v) is 8.62. The smallest absolute Gasteiger partial charge is 0.435 e. The molecule has 0 radical (unpaired) electrons. The van der Waals surface area contributed by atoms with Crippen molar-refractivity contribution >= 4 is 28.6 Å². The highest BCUT2D eigenvalue weighted by atomic mass is 16.4. The highest BCUT2D eigenvalue weighted by Gasteiger charge is 2.52. The average molecular weight is 340 g/mol. The molecule has 0 bridgehead atoms. The molecule has 2 aromatic rings. The van der Waals surface area contributed by atoms with Crippen LogP contribution in [0.3, 0.4) is 0 Å². The molecule has 2 aromatic carbocycles. The molecule has 2 amide bonds. The molecule has 2 atom stereocenters. The number of ketones is 1. The Morgan fingerprint density at radius 3 is 2.44 bits per heavy atom. The number of likely N-dealkylation sites (tertiary alicyclic amines) is 1. The van der Waals surface area contributed by atoms with E-state index in [1.54, 1.807) is 13.0 Å². The second-order valence-corrected chi connectivity index (χ2v) is 6.75. The van der Waals surface area contributed by atoms with Crippen LogP contribution in [0.2, 0.25) is 0 Å². The number of carbonyl (C=O) groups excluding carboxylic acids is 2. The first kappa shape index (κ1) is 17.3. The van der Waals surface area contributed by atoms with Gasteiger partial charge in [-0.2, -0.15) is 9.28 Å². The van der Waals surface area contributed by atoms with E-state index < -0.39 is 10.6 Å². The molecular weight excluding hydrogens is 318 g/mol. The van der Waals surface area contributed by atoms with Crippen LogP contribution in [-0.4, -0.2) is 40.0 Å². The van der Waals surface area contributed by atoms with Gasteiger partial charge in [0, 0.05) is 24.8 Å². The predicted molar refractivity (Wildman–Crippen MR) is 94.4 cm³/mol. The molecule has 1 aliphatic rings. The third-order valence-corrected chi connectivity index (χ3v) is 5.31. The Morgan fingerprint density at radius 1 is 1.08 bits per heavy atom. The van der Waals surface area contributed by atoms with Crippen molar-refractivity contribution in [1.82, 2.24) is 0 Å². The van der Waals surface area contributed by atoms with Gasteiger partial charge in [-0.1, -0.05) is 36.4 Å². The van der Waals surface area contributed by atoms with Gasteiger partial charge in [-0.3, -0.25) is 4.79 Å². The molecular formula is C20H22NO4+. The Hall–Kier alpha value is -2.53. The monoisotopic (exact) mass is 340 g/mol. The molecule has 0 aliphatic carbocycles. The van der Waals surface area contributed by atoms with E-state index in [0.717, 1.165) is 23.6 Å². The average Bonchev–Trinajstić information content (AvgIpc) is 3.01. The highest BCUT2D eigenvalue weighted by molar-refractivity contribution is 6.01. The maximum atomic E-state index is 12.6. The molecule has 0 saturated carbocycles. The molecule has 5 heteroatoms. The number of Topliss-reactive ketones (excluding diaryl/α,β-unsaturated/α-hetero) is 1. The van der Waals surface area contributed by atoms with Gasteiger partial charge >= 0.3 is 12.0 Å². The Balaban J connectivity index is 1.72. The molecule has 25 heavy (non-hydrogen) atoms. The van der Waals surface area contributed by atoms with E-state index in [4.69, 9.17) is 0 Å². The molecule has 1 unspecified atom stereocenters. The van der Waals surface area contributed by atoms with E-state index >= 15 is 0 Å². The van der Waals surface area contributed by atoms with Gasteiger partial charge in [0.15, 0.2) is 5.78 Å². The lowest BCUT2D eigenvalue weighted by Gasteiger charge is -2.29. The molecule has 5 nitrogen and oxygen atoms in total. The molecule has 1 heterocycles. The summed E-state index contributed by atoms with van der Waals surface area (Å²) in [4.78, 5) is 36.8. The summed E-state index contributed by atoms with van der Waals surface area (Å²) in [5.74, 6) is -0.499. The van der Waals surface area contributed by atoms with Crippen molar-refractivity contribution in [3.05, 3.63) is 48.0 Å². The normalized spacial score (nSPS) is 22.8. The van der Waals surface area contributed by atoms with Crippen molar-refractivity contribution < 1.29 is 24.0 Å². The number of fused-ring (bicyclic) bond motifs is 1. The van der Waals surface area contributed by atoms with Crippen LogP contribution >= 0.6 is 0 Å². The summed E-state index contributed by atoms with van der Waals surface area (Å²) >= 11 is 0. The van der Waals surface area contributed by atoms with Gasteiger partial charge in [0.1, 0.15) is 6.04 Å². The molecule has 1 saturated heterocycles. The lowest BCUT2D eigenvalue weighted by atomic mass is 10.0. The van der Waals surface area contributed by atoms with Gasteiger partial charge in [-0.25, -0.2) is 4.79 Å². The lowest BCUT2D eigenvalue weighted by molar-refractivity contribution is -0.792.